The van der Waals surface area contributed by atoms with Gasteiger partial charge in [0.1, 0.15) is 11.5 Å². The summed E-state index contributed by atoms with van der Waals surface area (Å²) >= 11 is 0. The lowest BCUT2D eigenvalue weighted by molar-refractivity contribution is 0.510. The molecule has 100 valence electrons. The van der Waals surface area contributed by atoms with Gasteiger partial charge in [0.05, 0.1) is 12.2 Å². The largest absolute Gasteiger partial charge is 0.363 e. The van der Waals surface area contributed by atoms with Crippen LogP contribution in [0.2, 0.25) is 0 Å². The number of anilines is 1. The van der Waals surface area contributed by atoms with Gasteiger partial charge < -0.3 is 4.90 Å². The van der Waals surface area contributed by atoms with Crippen LogP contribution in [0.5, 0.6) is 0 Å². The monoisotopic (exact) mass is 260 g/mol. The van der Waals surface area contributed by atoms with Crippen molar-refractivity contribution in [3.8, 4) is 0 Å². The third-order valence-electron chi connectivity index (χ3n) is 3.49. The minimum Gasteiger partial charge on any atom is -0.363 e. The molecule has 1 unspecified atom stereocenters. The summed E-state index contributed by atoms with van der Waals surface area (Å²) in [5.74, 6) is 0.374. The van der Waals surface area contributed by atoms with Crippen LogP contribution in [-0.4, -0.2) is 21.5 Å². The van der Waals surface area contributed by atoms with Crippen LogP contribution >= 0.6 is 0 Å². The Labute approximate surface area is 111 Å². The van der Waals surface area contributed by atoms with E-state index in [1.165, 1.54) is 6.07 Å². The molecule has 2 aromatic rings. The van der Waals surface area contributed by atoms with Crippen LogP contribution in [0.4, 0.5) is 10.1 Å². The predicted molar refractivity (Wildman–Crippen MR) is 71.3 cm³/mol. The third kappa shape index (κ3) is 2.32. The number of halogens is 1. The maximum absolute atomic E-state index is 14.1. The molecular weight excluding hydrogens is 243 g/mol. The van der Waals surface area contributed by atoms with Crippen molar-refractivity contribution in [2.75, 3.05) is 11.4 Å². The maximum atomic E-state index is 14.1. The van der Waals surface area contributed by atoms with E-state index in [9.17, 15) is 4.39 Å². The third-order valence-corrected chi connectivity index (χ3v) is 3.49. The second-order valence-corrected chi connectivity index (χ2v) is 5.32. The first-order valence-electron chi connectivity index (χ1n) is 6.51. The summed E-state index contributed by atoms with van der Waals surface area (Å²) in [5, 5.41) is 8.01. The minimum absolute atomic E-state index is 0.145. The fourth-order valence-corrected chi connectivity index (χ4v) is 2.79. The average Bonchev–Trinajstić information content (AvgIpc) is 2.74. The number of fused-ring (bicyclic) bond motifs is 1. The molecule has 0 aliphatic carbocycles. The van der Waals surface area contributed by atoms with Gasteiger partial charge in [0.2, 0.25) is 0 Å². The molecule has 3 rings (SSSR count). The topological polar surface area (TPSA) is 34.0 Å². The second-order valence-electron chi connectivity index (χ2n) is 5.32. The highest BCUT2D eigenvalue weighted by Crippen LogP contribution is 2.32. The molecule has 1 aromatic heterocycles. The molecule has 0 fully saturated rings. The standard InChI is InChI=1S/C14H17FN4/c1-10-6-11-4-3-5-13(15)14(11)19(7-10)9-12-8-18(2)17-16-12/h3-5,8,10H,6-7,9H2,1-2H3. The lowest BCUT2D eigenvalue weighted by Crippen LogP contribution is -2.34. The van der Waals surface area contributed by atoms with Crippen LogP contribution in [0.1, 0.15) is 18.2 Å². The van der Waals surface area contributed by atoms with Gasteiger partial charge in [0, 0.05) is 19.8 Å². The van der Waals surface area contributed by atoms with Crippen molar-refractivity contribution in [1.29, 1.82) is 0 Å². The molecule has 2 heterocycles. The van der Waals surface area contributed by atoms with Gasteiger partial charge in [0.15, 0.2) is 0 Å². The zero-order valence-electron chi connectivity index (χ0n) is 11.2. The highest BCUT2D eigenvalue weighted by atomic mass is 19.1. The molecule has 0 N–H and O–H groups in total. The van der Waals surface area contributed by atoms with E-state index in [4.69, 9.17) is 0 Å². The van der Waals surface area contributed by atoms with E-state index in [1.54, 1.807) is 10.7 Å². The van der Waals surface area contributed by atoms with E-state index < -0.39 is 0 Å². The van der Waals surface area contributed by atoms with Gasteiger partial charge in [-0.3, -0.25) is 4.68 Å². The Balaban J connectivity index is 1.94. The molecule has 0 saturated heterocycles. The van der Waals surface area contributed by atoms with E-state index >= 15 is 0 Å². The summed E-state index contributed by atoms with van der Waals surface area (Å²) in [4.78, 5) is 2.07. The summed E-state index contributed by atoms with van der Waals surface area (Å²) in [6.45, 7) is 3.65. The quantitative estimate of drug-likeness (QED) is 0.829. The first-order valence-corrected chi connectivity index (χ1v) is 6.51. The molecule has 0 bridgehead atoms. The molecule has 1 atom stereocenters. The maximum Gasteiger partial charge on any atom is 0.146 e. The van der Waals surface area contributed by atoms with Crippen molar-refractivity contribution in [3.63, 3.8) is 0 Å². The van der Waals surface area contributed by atoms with Gasteiger partial charge in [-0.05, 0) is 24.0 Å². The Morgan fingerprint density at radius 3 is 3.00 bits per heavy atom. The van der Waals surface area contributed by atoms with Crippen LogP contribution in [0.25, 0.3) is 0 Å². The fraction of sp³-hybridized carbons (Fsp3) is 0.429. The van der Waals surface area contributed by atoms with Gasteiger partial charge in [-0.2, -0.15) is 0 Å². The molecule has 5 heteroatoms. The van der Waals surface area contributed by atoms with Crippen molar-refractivity contribution in [2.45, 2.75) is 19.9 Å². The normalized spacial score (nSPS) is 18.5. The average molecular weight is 260 g/mol. The minimum atomic E-state index is -0.145. The number of hydrogen-bond donors (Lipinski definition) is 0. The van der Waals surface area contributed by atoms with E-state index in [2.05, 4.69) is 22.1 Å². The first kappa shape index (κ1) is 12.1. The molecule has 0 saturated carbocycles. The van der Waals surface area contributed by atoms with Crippen LogP contribution < -0.4 is 4.90 Å². The second kappa shape index (κ2) is 4.64. The van der Waals surface area contributed by atoms with Crippen molar-refractivity contribution in [1.82, 2.24) is 15.0 Å². The van der Waals surface area contributed by atoms with Crippen molar-refractivity contribution < 1.29 is 4.39 Å². The Morgan fingerprint density at radius 1 is 1.42 bits per heavy atom. The van der Waals surface area contributed by atoms with E-state index in [0.717, 1.165) is 29.9 Å². The van der Waals surface area contributed by atoms with Crippen LogP contribution in [-0.2, 0) is 20.0 Å². The summed E-state index contributed by atoms with van der Waals surface area (Å²) in [5.41, 5.74) is 2.68. The predicted octanol–water partition coefficient (Wildman–Crippen LogP) is 2.15. The van der Waals surface area contributed by atoms with Crippen molar-refractivity contribution in [3.05, 3.63) is 41.5 Å². The number of rotatable bonds is 2. The van der Waals surface area contributed by atoms with Gasteiger partial charge >= 0.3 is 0 Å². The Morgan fingerprint density at radius 2 is 2.26 bits per heavy atom. The number of para-hydroxylation sites is 1. The summed E-state index contributed by atoms with van der Waals surface area (Å²) < 4.78 is 15.7. The van der Waals surface area contributed by atoms with Gasteiger partial charge in [-0.1, -0.05) is 24.3 Å². The number of aromatic nitrogens is 3. The van der Waals surface area contributed by atoms with Gasteiger partial charge in [-0.25, -0.2) is 4.39 Å². The Hall–Kier alpha value is -1.91. The molecule has 1 aliphatic rings. The Bertz CT molecular complexity index is 593. The number of nitrogens with zero attached hydrogens (tertiary/aromatic N) is 4. The van der Waals surface area contributed by atoms with Crippen molar-refractivity contribution >= 4 is 5.69 Å². The molecular formula is C14H17FN4. The molecule has 0 spiro atoms. The highest BCUT2D eigenvalue weighted by Gasteiger charge is 2.25. The smallest absolute Gasteiger partial charge is 0.146 e. The summed E-state index contributed by atoms with van der Waals surface area (Å²) in [6, 6.07) is 5.32. The Kier molecular flexibility index (Phi) is 2.97. The molecule has 19 heavy (non-hydrogen) atoms. The summed E-state index contributed by atoms with van der Waals surface area (Å²) in [7, 11) is 1.84. The zero-order chi connectivity index (χ0) is 13.4. The molecule has 0 amide bonds. The molecule has 1 aromatic carbocycles. The number of hydrogen-bond acceptors (Lipinski definition) is 3. The van der Waals surface area contributed by atoms with Gasteiger partial charge in [-0.15, -0.1) is 5.10 Å². The van der Waals surface area contributed by atoms with Crippen molar-refractivity contribution in [2.24, 2.45) is 13.0 Å². The lowest BCUT2D eigenvalue weighted by Gasteiger charge is -2.34. The van der Waals surface area contributed by atoms with Gasteiger partial charge in [0.25, 0.3) is 0 Å². The van der Waals surface area contributed by atoms with Crippen LogP contribution in [0, 0.1) is 11.7 Å². The lowest BCUT2D eigenvalue weighted by atomic mass is 9.93. The summed E-state index contributed by atoms with van der Waals surface area (Å²) in [6.07, 6.45) is 2.81. The number of aryl methyl sites for hydroxylation is 1. The first-order chi connectivity index (χ1) is 9.13. The zero-order valence-corrected chi connectivity index (χ0v) is 11.2. The highest BCUT2D eigenvalue weighted by molar-refractivity contribution is 5.57. The molecule has 1 aliphatic heterocycles. The van der Waals surface area contributed by atoms with E-state index in [0.29, 0.717) is 12.5 Å². The van der Waals surface area contributed by atoms with E-state index in [-0.39, 0.29) is 5.82 Å². The number of benzene rings is 1. The SMILES string of the molecule is CC1Cc2cccc(F)c2N(Cc2cn(C)nn2)C1. The van der Waals surface area contributed by atoms with E-state index in [1.807, 2.05) is 19.3 Å². The fourth-order valence-electron chi connectivity index (χ4n) is 2.79. The molecule has 4 nitrogen and oxygen atoms in total. The molecule has 0 radical (unpaired) electrons. The van der Waals surface area contributed by atoms with Crippen LogP contribution in [0.15, 0.2) is 24.4 Å². The van der Waals surface area contributed by atoms with Crippen LogP contribution in [0.3, 0.4) is 0 Å².